The van der Waals surface area contributed by atoms with E-state index < -0.39 is 20.7 Å². The second-order valence-electron chi connectivity index (χ2n) is 8.34. The lowest BCUT2D eigenvalue weighted by atomic mass is 10.2. The third-order valence-electron chi connectivity index (χ3n) is 4.57. The molecule has 0 amide bonds. The summed E-state index contributed by atoms with van der Waals surface area (Å²) in [5.74, 6) is 0.150. The average Bonchev–Trinajstić information content (AvgIpc) is 3.00. The van der Waals surface area contributed by atoms with E-state index >= 15 is 0 Å². The van der Waals surface area contributed by atoms with Gasteiger partial charge in [0, 0.05) is 38.9 Å². The number of ether oxygens (including phenoxy) is 1. The summed E-state index contributed by atoms with van der Waals surface area (Å²) < 4.78 is 45.6. The number of aryl methyl sites for hydroxylation is 1. The van der Waals surface area contributed by atoms with Gasteiger partial charge in [-0.2, -0.15) is 13.2 Å². The van der Waals surface area contributed by atoms with Crippen LogP contribution in [0, 0.1) is 0 Å². The van der Waals surface area contributed by atoms with E-state index in [1.807, 2.05) is 10.6 Å². The van der Waals surface area contributed by atoms with E-state index in [4.69, 9.17) is 16.3 Å². The molecule has 3 heterocycles. The Kier molecular flexibility index (Phi) is 6.83. The van der Waals surface area contributed by atoms with Gasteiger partial charge in [0.15, 0.2) is 0 Å². The summed E-state index contributed by atoms with van der Waals surface area (Å²) in [5, 5.41) is 1.20. The first-order valence-electron chi connectivity index (χ1n) is 9.63. The summed E-state index contributed by atoms with van der Waals surface area (Å²) in [5.41, 5.74) is 2.08. The van der Waals surface area contributed by atoms with Crippen LogP contribution in [0.2, 0.25) is 30.8 Å². The zero-order valence-corrected chi connectivity index (χ0v) is 18.9. The number of hydrogen-bond donors (Lipinski definition) is 0. The Morgan fingerprint density at radius 1 is 1.17 bits per heavy atom. The molecule has 0 saturated carbocycles. The van der Waals surface area contributed by atoms with Gasteiger partial charge in [-0.1, -0.05) is 31.2 Å². The molecule has 0 radical (unpaired) electrons. The van der Waals surface area contributed by atoms with Crippen LogP contribution in [-0.4, -0.2) is 40.4 Å². The van der Waals surface area contributed by atoms with Gasteiger partial charge in [0.2, 0.25) is 0 Å². The maximum atomic E-state index is 12.6. The van der Waals surface area contributed by atoms with E-state index in [2.05, 4.69) is 34.6 Å². The van der Waals surface area contributed by atoms with E-state index in [0.717, 1.165) is 22.6 Å². The fraction of sp³-hybridized carbons (Fsp3) is 0.450. The largest absolute Gasteiger partial charge is 0.389 e. The third kappa shape index (κ3) is 6.26. The second-order valence-corrected chi connectivity index (χ2v) is 14.4. The third-order valence-corrected chi connectivity index (χ3v) is 6.48. The van der Waals surface area contributed by atoms with Gasteiger partial charge in [-0.15, -0.1) is 0 Å². The molecular formula is C20H24ClF3N4OSi. The van der Waals surface area contributed by atoms with Gasteiger partial charge in [0.25, 0.3) is 0 Å². The maximum absolute atomic E-state index is 12.6. The molecule has 0 atom stereocenters. The fourth-order valence-corrected chi connectivity index (χ4v) is 3.84. The minimum absolute atomic E-state index is 0.150. The van der Waals surface area contributed by atoms with Crippen molar-refractivity contribution in [2.24, 2.45) is 0 Å². The van der Waals surface area contributed by atoms with Gasteiger partial charge in [-0.3, -0.25) is 0 Å². The maximum Gasteiger partial charge on any atom is 0.389 e. The Morgan fingerprint density at radius 2 is 1.93 bits per heavy atom. The van der Waals surface area contributed by atoms with Gasteiger partial charge in [-0.05, 0) is 24.2 Å². The molecule has 3 rings (SSSR count). The average molecular weight is 457 g/mol. The molecular weight excluding hydrogens is 433 g/mol. The quantitative estimate of drug-likeness (QED) is 0.238. The highest BCUT2D eigenvalue weighted by Gasteiger charge is 2.27. The summed E-state index contributed by atoms with van der Waals surface area (Å²) in [4.78, 5) is 12.5. The van der Waals surface area contributed by atoms with Gasteiger partial charge in [-0.25, -0.2) is 15.0 Å². The molecule has 10 heteroatoms. The van der Waals surface area contributed by atoms with Crippen molar-refractivity contribution in [3.05, 3.63) is 41.6 Å². The van der Waals surface area contributed by atoms with E-state index in [0.29, 0.717) is 17.5 Å². The standard InChI is InChI=1S/C20H24ClF3N4OSi/c1-30(2,3)9-8-29-13-28-16-11-18(21)26-12-14(16)10-17(28)15-5-7-25-19(27-15)4-6-20(22,23)24/h5,7,10-12H,4,6,8-9,13H2,1-3H3. The van der Waals surface area contributed by atoms with Crippen molar-refractivity contribution in [3.8, 4) is 11.4 Å². The van der Waals surface area contributed by atoms with Gasteiger partial charge < -0.3 is 9.30 Å². The van der Waals surface area contributed by atoms with Crippen LogP contribution in [0.5, 0.6) is 0 Å². The Hall–Kier alpha value is -1.97. The first kappa shape index (κ1) is 22.7. The summed E-state index contributed by atoms with van der Waals surface area (Å²) >= 11 is 6.08. The molecule has 0 fully saturated rings. The molecule has 30 heavy (non-hydrogen) atoms. The zero-order valence-electron chi connectivity index (χ0n) is 17.1. The highest BCUT2D eigenvalue weighted by molar-refractivity contribution is 6.76. The molecule has 3 aromatic heterocycles. The lowest BCUT2D eigenvalue weighted by Gasteiger charge is -2.17. The number of hydrogen-bond acceptors (Lipinski definition) is 4. The van der Waals surface area contributed by atoms with Crippen LogP contribution >= 0.6 is 11.6 Å². The minimum atomic E-state index is -4.25. The normalized spacial score (nSPS) is 12.6. The van der Waals surface area contributed by atoms with Crippen LogP contribution in [0.4, 0.5) is 13.2 Å². The number of pyridine rings is 1. The van der Waals surface area contributed by atoms with Crippen molar-refractivity contribution in [3.63, 3.8) is 0 Å². The Bertz CT molecular complexity index is 1020. The minimum Gasteiger partial charge on any atom is -0.361 e. The summed E-state index contributed by atoms with van der Waals surface area (Å²) in [7, 11) is -1.23. The molecule has 0 aliphatic carbocycles. The summed E-state index contributed by atoms with van der Waals surface area (Å²) in [6, 6.07) is 6.34. The predicted molar refractivity (Wildman–Crippen MR) is 114 cm³/mol. The topological polar surface area (TPSA) is 52.8 Å². The highest BCUT2D eigenvalue weighted by atomic mass is 35.5. The molecule has 0 saturated heterocycles. The number of alkyl halides is 3. The smallest absolute Gasteiger partial charge is 0.361 e. The summed E-state index contributed by atoms with van der Waals surface area (Å²) in [6.45, 7) is 7.75. The molecule has 0 N–H and O–H groups in total. The van der Waals surface area contributed by atoms with Crippen molar-refractivity contribution in [1.82, 2.24) is 19.5 Å². The van der Waals surface area contributed by atoms with E-state index in [1.54, 1.807) is 18.3 Å². The SMILES string of the molecule is C[Si](C)(C)CCOCn1c(-c2ccnc(CCC(F)(F)F)n2)cc2cnc(Cl)cc21. The molecule has 0 aromatic carbocycles. The Morgan fingerprint density at radius 3 is 2.63 bits per heavy atom. The van der Waals surface area contributed by atoms with Gasteiger partial charge in [0.1, 0.15) is 17.7 Å². The van der Waals surface area contributed by atoms with Crippen molar-refractivity contribution >= 4 is 30.6 Å². The van der Waals surface area contributed by atoms with Crippen LogP contribution in [0.3, 0.4) is 0 Å². The fourth-order valence-electron chi connectivity index (χ4n) is 2.93. The van der Waals surface area contributed by atoms with Gasteiger partial charge in [0.05, 0.1) is 23.3 Å². The molecule has 5 nitrogen and oxygen atoms in total. The molecule has 3 aromatic rings. The number of rotatable bonds is 8. The molecule has 0 bridgehead atoms. The van der Waals surface area contributed by atoms with Crippen LogP contribution < -0.4 is 0 Å². The van der Waals surface area contributed by atoms with Crippen molar-refractivity contribution in [1.29, 1.82) is 0 Å². The highest BCUT2D eigenvalue weighted by Crippen LogP contribution is 2.29. The lowest BCUT2D eigenvalue weighted by molar-refractivity contribution is -0.134. The Balaban J connectivity index is 1.91. The lowest BCUT2D eigenvalue weighted by Crippen LogP contribution is -2.22. The summed E-state index contributed by atoms with van der Waals surface area (Å²) in [6.07, 6.45) is -2.34. The van der Waals surface area contributed by atoms with Gasteiger partial charge >= 0.3 is 6.18 Å². The van der Waals surface area contributed by atoms with Crippen molar-refractivity contribution < 1.29 is 17.9 Å². The number of halogens is 4. The molecule has 0 aliphatic heterocycles. The first-order chi connectivity index (χ1) is 14.0. The van der Waals surface area contributed by atoms with E-state index in [1.165, 1.54) is 6.20 Å². The number of aromatic nitrogens is 4. The van der Waals surface area contributed by atoms with Crippen molar-refractivity contribution in [2.45, 2.75) is 51.4 Å². The molecule has 162 valence electrons. The van der Waals surface area contributed by atoms with Crippen LogP contribution in [0.15, 0.2) is 30.6 Å². The van der Waals surface area contributed by atoms with Crippen molar-refractivity contribution in [2.75, 3.05) is 6.61 Å². The molecule has 0 spiro atoms. The number of fused-ring (bicyclic) bond motifs is 1. The monoisotopic (exact) mass is 456 g/mol. The first-order valence-corrected chi connectivity index (χ1v) is 13.7. The molecule has 0 unspecified atom stereocenters. The van der Waals surface area contributed by atoms with Crippen LogP contribution in [-0.2, 0) is 17.9 Å². The van der Waals surface area contributed by atoms with Crippen LogP contribution in [0.1, 0.15) is 12.2 Å². The Labute approximate surface area is 179 Å². The zero-order chi connectivity index (χ0) is 21.9. The van der Waals surface area contributed by atoms with E-state index in [-0.39, 0.29) is 19.0 Å². The van der Waals surface area contributed by atoms with Crippen LogP contribution in [0.25, 0.3) is 22.3 Å². The van der Waals surface area contributed by atoms with E-state index in [9.17, 15) is 13.2 Å². The molecule has 0 aliphatic rings. The number of nitrogens with zero attached hydrogens (tertiary/aromatic N) is 4. The predicted octanol–water partition coefficient (Wildman–Crippen LogP) is 5.95. The second kappa shape index (κ2) is 9.03.